The van der Waals surface area contributed by atoms with Crippen molar-refractivity contribution < 1.29 is 4.79 Å². The molecule has 0 heterocycles. The Morgan fingerprint density at radius 2 is 2.43 bits per heavy atom. The Hall–Kier alpha value is 0.436. The van der Waals surface area contributed by atoms with Crippen LogP contribution in [0.5, 0.6) is 0 Å². The summed E-state index contributed by atoms with van der Waals surface area (Å²) in [5.74, 6) is 0. The Morgan fingerprint density at radius 3 is 2.86 bits per heavy atom. The number of rotatable bonds is 4. The number of carbonyl (C=O) groups is 1. The second-order valence-electron chi connectivity index (χ2n) is 1.66. The highest BCUT2D eigenvalue weighted by Crippen LogP contribution is 1.86. The van der Waals surface area contributed by atoms with E-state index < -0.39 is 0 Å². The summed E-state index contributed by atoms with van der Waals surface area (Å²) >= 11 is 0.0432. The fourth-order valence-electron chi connectivity index (χ4n) is 0.478. The van der Waals surface area contributed by atoms with Gasteiger partial charge in [-0.3, -0.25) is 0 Å². The first-order valence-corrected chi connectivity index (χ1v) is 4.85. The Bertz CT molecular complexity index is 45.3. The van der Waals surface area contributed by atoms with E-state index in [-0.39, 0.29) is 20.4 Å². The van der Waals surface area contributed by atoms with Crippen LogP contribution in [0.15, 0.2) is 0 Å². The maximum atomic E-state index is 9.71. The quantitative estimate of drug-likeness (QED) is 0.301. The summed E-state index contributed by atoms with van der Waals surface area (Å²) in [6.07, 6.45) is 2.31. The third-order valence-electron chi connectivity index (χ3n) is 0.926. The standard InChI is InChI=1S/C3H7.C2H3O.Mg/c1-3-2;1-2-3;/h1,3H2,2H3;2H,1H2;. The fourth-order valence-corrected chi connectivity index (χ4v) is 1.43. The lowest BCUT2D eigenvalue weighted by Gasteiger charge is -1.81. The summed E-state index contributed by atoms with van der Waals surface area (Å²) in [5.41, 5.74) is 0. The van der Waals surface area contributed by atoms with Gasteiger partial charge >= 0.3 is 20.4 Å². The lowest BCUT2D eigenvalue weighted by molar-refractivity contribution is -0.106. The van der Waals surface area contributed by atoms with Gasteiger partial charge in [-0.05, 0) is 0 Å². The minimum absolute atomic E-state index is 0.0432. The Labute approximate surface area is 54.2 Å². The molecule has 0 fully saturated rings. The summed E-state index contributed by atoms with van der Waals surface area (Å²) in [6.45, 7) is 2.16. The van der Waals surface area contributed by atoms with E-state index in [1.54, 1.807) is 0 Å². The van der Waals surface area contributed by atoms with E-state index in [1.807, 2.05) is 0 Å². The second-order valence-corrected chi connectivity index (χ2v) is 3.65. The molecule has 38 valence electrons. The first-order valence-electron chi connectivity index (χ1n) is 2.85. The van der Waals surface area contributed by atoms with Crippen molar-refractivity contribution in [3.63, 3.8) is 0 Å². The molecular weight excluding hydrogens is 100 g/mol. The predicted octanol–water partition coefficient (Wildman–Crippen LogP) is 1.14. The van der Waals surface area contributed by atoms with Crippen LogP contribution >= 0.6 is 0 Å². The van der Waals surface area contributed by atoms with Gasteiger partial charge in [-0.15, -0.1) is 4.55 Å². The van der Waals surface area contributed by atoms with Gasteiger partial charge in [-0.1, -0.05) is 17.9 Å². The van der Waals surface area contributed by atoms with Crippen molar-refractivity contribution >= 4 is 26.7 Å². The van der Waals surface area contributed by atoms with Crippen LogP contribution in [-0.4, -0.2) is 26.7 Å². The van der Waals surface area contributed by atoms with Gasteiger partial charge in [0.1, 0.15) is 0 Å². The van der Waals surface area contributed by atoms with E-state index >= 15 is 0 Å². The SMILES string of the molecule is CC[CH2][Mg][CH2]C=O. The maximum Gasteiger partial charge on any atom is 0.375 e. The Kier molecular flexibility index (Phi) is 6.84. The van der Waals surface area contributed by atoms with Gasteiger partial charge in [-0.2, -0.15) is 0 Å². The van der Waals surface area contributed by atoms with Crippen molar-refractivity contribution in [1.82, 2.24) is 0 Å². The summed E-state index contributed by atoms with van der Waals surface area (Å²) in [5, 5.41) is 0. The topological polar surface area (TPSA) is 17.1 Å². The molecule has 0 aliphatic heterocycles. The average molecular weight is 110 g/mol. The molecule has 0 bridgehead atoms. The summed E-state index contributed by atoms with van der Waals surface area (Å²) in [6, 6.07) is 0. The molecule has 0 radical (unpaired) electrons. The molecule has 0 atom stereocenters. The van der Waals surface area contributed by atoms with E-state index in [0.717, 1.165) is 10.8 Å². The molecule has 0 amide bonds. The van der Waals surface area contributed by atoms with Crippen molar-refractivity contribution in [2.24, 2.45) is 0 Å². The molecular formula is C5H10MgO. The highest BCUT2D eigenvalue weighted by atomic mass is 24.5. The van der Waals surface area contributed by atoms with Crippen LogP contribution in [0.1, 0.15) is 13.3 Å². The van der Waals surface area contributed by atoms with Gasteiger partial charge in [0.15, 0.2) is 0 Å². The van der Waals surface area contributed by atoms with Gasteiger partial charge in [0.2, 0.25) is 0 Å². The normalized spacial score (nSPS) is 7.57. The third-order valence-corrected chi connectivity index (χ3v) is 2.78. The molecule has 0 aromatic carbocycles. The van der Waals surface area contributed by atoms with Crippen molar-refractivity contribution in [2.75, 3.05) is 0 Å². The highest BCUT2D eigenvalue weighted by Gasteiger charge is 1.88. The molecule has 0 unspecified atom stereocenters. The first kappa shape index (κ1) is 7.44. The molecule has 0 N–H and O–H groups in total. The van der Waals surface area contributed by atoms with Gasteiger partial charge in [0, 0.05) is 0 Å². The van der Waals surface area contributed by atoms with Crippen LogP contribution in [0.3, 0.4) is 0 Å². The zero-order chi connectivity index (χ0) is 5.54. The first-order chi connectivity index (χ1) is 3.41. The lowest BCUT2D eigenvalue weighted by atomic mass is 10.6. The maximum absolute atomic E-state index is 9.71. The molecule has 1 nitrogen and oxygen atoms in total. The molecule has 0 saturated heterocycles. The molecule has 0 rings (SSSR count). The van der Waals surface area contributed by atoms with Crippen molar-refractivity contribution in [3.05, 3.63) is 0 Å². The minimum Gasteiger partial charge on any atom is -0.306 e. The Morgan fingerprint density at radius 1 is 1.71 bits per heavy atom. The minimum atomic E-state index is 0.0432. The summed E-state index contributed by atoms with van der Waals surface area (Å²) < 4.78 is 2.21. The van der Waals surface area contributed by atoms with E-state index in [1.165, 1.54) is 11.0 Å². The molecule has 0 saturated carbocycles. The fraction of sp³-hybridized carbons (Fsp3) is 0.800. The molecule has 0 aromatic heterocycles. The monoisotopic (exact) mass is 110 g/mol. The third kappa shape index (κ3) is 6.44. The number of hydrogen-bond acceptors (Lipinski definition) is 1. The molecule has 2 heteroatoms. The number of carbonyl (C=O) groups excluding carboxylic acids is 1. The molecule has 0 aliphatic rings. The summed E-state index contributed by atoms with van der Waals surface area (Å²) in [7, 11) is 0. The highest BCUT2D eigenvalue weighted by molar-refractivity contribution is 6.39. The average Bonchev–Trinajstić information content (AvgIpc) is 1.69. The van der Waals surface area contributed by atoms with Gasteiger partial charge in [-0.25, -0.2) is 0 Å². The molecule has 0 aromatic rings. The van der Waals surface area contributed by atoms with Gasteiger partial charge < -0.3 is 4.79 Å². The zero-order valence-corrected chi connectivity index (χ0v) is 6.23. The molecule has 0 spiro atoms. The van der Waals surface area contributed by atoms with E-state index in [2.05, 4.69) is 6.92 Å². The van der Waals surface area contributed by atoms with Gasteiger partial charge in [0.25, 0.3) is 0 Å². The summed E-state index contributed by atoms with van der Waals surface area (Å²) in [4.78, 5) is 9.71. The largest absolute Gasteiger partial charge is 0.375 e. The smallest absolute Gasteiger partial charge is 0.306 e. The van der Waals surface area contributed by atoms with Crippen LogP contribution in [-0.2, 0) is 4.79 Å². The predicted molar refractivity (Wildman–Crippen MR) is 31.7 cm³/mol. The zero-order valence-electron chi connectivity index (χ0n) is 4.81. The van der Waals surface area contributed by atoms with E-state index in [0.29, 0.717) is 0 Å². The lowest BCUT2D eigenvalue weighted by Crippen LogP contribution is -1.86. The van der Waals surface area contributed by atoms with E-state index in [4.69, 9.17) is 0 Å². The Balaban J connectivity index is 2.56. The van der Waals surface area contributed by atoms with Crippen LogP contribution in [0.25, 0.3) is 0 Å². The van der Waals surface area contributed by atoms with Crippen molar-refractivity contribution in [1.29, 1.82) is 0 Å². The number of hydrogen-bond donors (Lipinski definition) is 0. The molecule has 7 heavy (non-hydrogen) atoms. The van der Waals surface area contributed by atoms with Crippen LogP contribution in [0.4, 0.5) is 0 Å². The van der Waals surface area contributed by atoms with Crippen molar-refractivity contribution in [2.45, 2.75) is 22.4 Å². The van der Waals surface area contributed by atoms with Crippen LogP contribution < -0.4 is 0 Å². The number of aldehydes is 1. The van der Waals surface area contributed by atoms with Crippen molar-refractivity contribution in [3.8, 4) is 0 Å². The molecule has 0 aliphatic carbocycles. The van der Waals surface area contributed by atoms with Gasteiger partial charge in [0.05, 0.1) is 6.29 Å². The second kappa shape index (κ2) is 6.44. The van der Waals surface area contributed by atoms with Crippen LogP contribution in [0, 0.1) is 0 Å². The van der Waals surface area contributed by atoms with Crippen LogP contribution in [0.2, 0.25) is 9.10 Å². The van der Waals surface area contributed by atoms with E-state index in [9.17, 15) is 4.79 Å².